The van der Waals surface area contributed by atoms with E-state index in [0.717, 1.165) is 51.4 Å². The van der Waals surface area contributed by atoms with Crippen molar-refractivity contribution in [3.8, 4) is 0 Å². The third-order valence-electron chi connectivity index (χ3n) is 10.5. The van der Waals surface area contributed by atoms with Crippen molar-refractivity contribution in [2.75, 3.05) is 7.11 Å². The molecule has 196 valence electrons. The molecule has 0 aromatic heterocycles. The van der Waals surface area contributed by atoms with Crippen molar-refractivity contribution in [1.29, 1.82) is 0 Å². The van der Waals surface area contributed by atoms with E-state index in [4.69, 9.17) is 14.2 Å². The summed E-state index contributed by atoms with van der Waals surface area (Å²) in [4.78, 5) is 48.6. The van der Waals surface area contributed by atoms with Crippen molar-refractivity contribution in [2.45, 2.75) is 104 Å². The molecule has 4 fully saturated rings. The van der Waals surface area contributed by atoms with Gasteiger partial charge in [0.25, 0.3) is 0 Å². The van der Waals surface area contributed by atoms with Crippen LogP contribution in [0.2, 0.25) is 0 Å². The number of carbonyl (C=O) groups is 4. The molecule has 0 unspecified atom stereocenters. The summed E-state index contributed by atoms with van der Waals surface area (Å²) in [6, 6.07) is 0. The highest BCUT2D eigenvalue weighted by molar-refractivity contribution is 5.89. The average molecular weight is 491 g/mol. The van der Waals surface area contributed by atoms with E-state index in [-0.39, 0.29) is 41.0 Å². The molecule has 0 aliphatic heterocycles. The van der Waals surface area contributed by atoms with Crippen LogP contribution in [0, 0.1) is 40.4 Å². The van der Waals surface area contributed by atoms with Crippen molar-refractivity contribution >= 4 is 23.7 Å². The van der Waals surface area contributed by atoms with Crippen molar-refractivity contribution < 1.29 is 33.4 Å². The molecule has 0 heterocycles. The number of esters is 3. The standard InChI is InChI=1S/C28H42O7/c1-16(29)34-19-10-12-27(3)18(14-19)6-7-20-21-8-9-23(28(21,4)13-11-22(20)27)24(31)15-25(26(32)33-5)35-17(2)30/h18-23,25H,6-15H2,1-5H3/t18-,19+,20-,21-,22-,23+,25-,27-,28-/m0/s1. The lowest BCUT2D eigenvalue weighted by atomic mass is 9.44. The zero-order valence-corrected chi connectivity index (χ0v) is 22.0. The molecule has 7 nitrogen and oxygen atoms in total. The summed E-state index contributed by atoms with van der Waals surface area (Å²) in [6.07, 6.45) is 8.18. The highest BCUT2D eigenvalue weighted by Gasteiger charge is 2.61. The SMILES string of the molecule is COC(=O)[C@H](CC(=O)[C@H]1CC[C@H]2[C@@H]3CC[C@H]4C[C@H](OC(C)=O)CC[C@]4(C)[C@H]3CC[C@]12C)OC(C)=O. The minimum Gasteiger partial charge on any atom is -0.466 e. The Balaban J connectivity index is 1.47. The summed E-state index contributed by atoms with van der Waals surface area (Å²) in [5, 5.41) is 0. The molecule has 0 N–H and O–H groups in total. The first-order valence-electron chi connectivity index (χ1n) is 13.4. The second-order valence-electron chi connectivity index (χ2n) is 12.1. The Labute approximate surface area is 209 Å². The molecule has 0 aromatic carbocycles. The smallest absolute Gasteiger partial charge is 0.347 e. The molecular weight excluding hydrogens is 448 g/mol. The first-order chi connectivity index (χ1) is 16.5. The molecule has 0 spiro atoms. The number of rotatable bonds is 6. The number of ether oxygens (including phenoxy) is 3. The highest BCUT2D eigenvalue weighted by atomic mass is 16.6. The van der Waals surface area contributed by atoms with Gasteiger partial charge < -0.3 is 14.2 Å². The predicted octanol–water partition coefficient (Wildman–Crippen LogP) is 4.64. The Morgan fingerprint density at radius 3 is 2.20 bits per heavy atom. The van der Waals surface area contributed by atoms with Gasteiger partial charge in [0, 0.05) is 19.8 Å². The van der Waals surface area contributed by atoms with Crippen LogP contribution in [-0.4, -0.2) is 43.0 Å². The van der Waals surface area contributed by atoms with Crippen molar-refractivity contribution in [3.05, 3.63) is 0 Å². The Hall–Kier alpha value is -1.92. The normalized spacial score (nSPS) is 40.9. The Bertz CT molecular complexity index is 867. The number of hydrogen-bond donors (Lipinski definition) is 0. The summed E-state index contributed by atoms with van der Waals surface area (Å²) >= 11 is 0. The lowest BCUT2D eigenvalue weighted by Gasteiger charge is -2.61. The monoisotopic (exact) mass is 490 g/mol. The van der Waals surface area contributed by atoms with Gasteiger partial charge in [0.15, 0.2) is 0 Å². The second kappa shape index (κ2) is 9.85. The van der Waals surface area contributed by atoms with Crippen LogP contribution in [0.25, 0.3) is 0 Å². The Kier molecular flexibility index (Phi) is 7.36. The molecular formula is C28H42O7. The van der Waals surface area contributed by atoms with E-state index in [1.165, 1.54) is 27.4 Å². The molecule has 4 aliphatic rings. The maximum atomic E-state index is 13.5. The number of carbonyl (C=O) groups excluding carboxylic acids is 4. The average Bonchev–Trinajstić information content (AvgIpc) is 3.15. The van der Waals surface area contributed by atoms with Crippen LogP contribution in [0.5, 0.6) is 0 Å². The van der Waals surface area contributed by atoms with Crippen molar-refractivity contribution in [3.63, 3.8) is 0 Å². The number of fused-ring (bicyclic) bond motifs is 5. The summed E-state index contributed by atoms with van der Waals surface area (Å²) in [6.45, 7) is 7.50. The van der Waals surface area contributed by atoms with Crippen molar-refractivity contribution in [1.82, 2.24) is 0 Å². The fourth-order valence-electron chi connectivity index (χ4n) is 8.92. The van der Waals surface area contributed by atoms with Crippen LogP contribution in [-0.2, 0) is 33.4 Å². The number of hydrogen-bond acceptors (Lipinski definition) is 7. The van der Waals surface area contributed by atoms with Gasteiger partial charge in [-0.15, -0.1) is 0 Å². The molecule has 4 saturated carbocycles. The van der Waals surface area contributed by atoms with E-state index in [9.17, 15) is 19.2 Å². The third kappa shape index (κ3) is 4.76. The van der Waals surface area contributed by atoms with E-state index in [2.05, 4.69) is 13.8 Å². The fourth-order valence-corrected chi connectivity index (χ4v) is 8.92. The largest absolute Gasteiger partial charge is 0.466 e. The first kappa shape index (κ1) is 26.2. The fraction of sp³-hybridized carbons (Fsp3) is 0.857. The molecule has 7 heteroatoms. The van der Waals surface area contributed by atoms with Crippen LogP contribution in [0.3, 0.4) is 0 Å². The molecule has 4 rings (SSSR count). The molecule has 0 radical (unpaired) electrons. The maximum Gasteiger partial charge on any atom is 0.347 e. The van der Waals surface area contributed by atoms with Gasteiger partial charge in [-0.1, -0.05) is 13.8 Å². The molecule has 0 bridgehead atoms. The molecule has 0 aromatic rings. The van der Waals surface area contributed by atoms with Gasteiger partial charge >= 0.3 is 17.9 Å². The minimum absolute atomic E-state index is 0.0203. The van der Waals surface area contributed by atoms with Crippen LogP contribution in [0.15, 0.2) is 0 Å². The van der Waals surface area contributed by atoms with Gasteiger partial charge in [-0.2, -0.15) is 0 Å². The summed E-state index contributed by atoms with van der Waals surface area (Å²) in [5.74, 6) is 0.835. The van der Waals surface area contributed by atoms with Gasteiger partial charge in [-0.05, 0) is 92.3 Å². The van der Waals surface area contributed by atoms with E-state index >= 15 is 0 Å². The number of Topliss-reactive ketones (excluding diaryl/α,β-unsaturated/α-hetero) is 1. The Morgan fingerprint density at radius 1 is 0.857 bits per heavy atom. The Morgan fingerprint density at radius 2 is 1.54 bits per heavy atom. The predicted molar refractivity (Wildman–Crippen MR) is 128 cm³/mol. The lowest BCUT2D eigenvalue weighted by Crippen LogP contribution is -2.54. The van der Waals surface area contributed by atoms with Gasteiger partial charge in [0.1, 0.15) is 11.9 Å². The highest BCUT2D eigenvalue weighted by Crippen LogP contribution is 2.67. The van der Waals surface area contributed by atoms with Gasteiger partial charge in [0.05, 0.1) is 13.5 Å². The summed E-state index contributed by atoms with van der Waals surface area (Å²) in [7, 11) is 1.24. The third-order valence-corrected chi connectivity index (χ3v) is 10.5. The summed E-state index contributed by atoms with van der Waals surface area (Å²) < 4.78 is 15.5. The zero-order valence-electron chi connectivity index (χ0n) is 22.0. The lowest BCUT2D eigenvalue weighted by molar-refractivity contribution is -0.167. The number of methoxy groups -OCH3 is 1. The summed E-state index contributed by atoms with van der Waals surface area (Å²) in [5.41, 5.74) is 0.196. The topological polar surface area (TPSA) is 96.0 Å². The van der Waals surface area contributed by atoms with E-state index in [1.54, 1.807) is 0 Å². The van der Waals surface area contributed by atoms with Gasteiger partial charge in [0.2, 0.25) is 6.10 Å². The molecule has 0 amide bonds. The maximum absolute atomic E-state index is 13.5. The molecule has 9 atom stereocenters. The van der Waals surface area contributed by atoms with Crippen LogP contribution >= 0.6 is 0 Å². The molecule has 4 aliphatic carbocycles. The van der Waals surface area contributed by atoms with Crippen molar-refractivity contribution in [2.24, 2.45) is 40.4 Å². The molecule has 35 heavy (non-hydrogen) atoms. The van der Waals surface area contributed by atoms with E-state index in [0.29, 0.717) is 23.7 Å². The zero-order chi connectivity index (χ0) is 25.5. The first-order valence-corrected chi connectivity index (χ1v) is 13.4. The molecule has 0 saturated heterocycles. The van der Waals surface area contributed by atoms with E-state index in [1.807, 2.05) is 0 Å². The van der Waals surface area contributed by atoms with Gasteiger partial charge in [-0.3, -0.25) is 14.4 Å². The van der Waals surface area contributed by atoms with Gasteiger partial charge in [-0.25, -0.2) is 4.79 Å². The minimum atomic E-state index is -1.16. The van der Waals surface area contributed by atoms with Crippen LogP contribution in [0.1, 0.15) is 91.9 Å². The van der Waals surface area contributed by atoms with E-state index < -0.39 is 18.0 Å². The van der Waals surface area contributed by atoms with Crippen LogP contribution < -0.4 is 0 Å². The quantitative estimate of drug-likeness (QED) is 0.395. The van der Waals surface area contributed by atoms with Crippen LogP contribution in [0.4, 0.5) is 0 Å². The second-order valence-corrected chi connectivity index (χ2v) is 12.1. The number of ketones is 1.